The highest BCUT2D eigenvalue weighted by Crippen LogP contribution is 2.36. The molecule has 0 fully saturated rings. The van der Waals surface area contributed by atoms with Gasteiger partial charge in [0.15, 0.2) is 0 Å². The van der Waals surface area contributed by atoms with E-state index in [1.807, 2.05) is 6.07 Å². The van der Waals surface area contributed by atoms with Crippen molar-refractivity contribution in [3.63, 3.8) is 0 Å². The first-order valence-corrected chi connectivity index (χ1v) is 7.79. The van der Waals surface area contributed by atoms with Crippen molar-refractivity contribution in [3.8, 4) is 0 Å². The third-order valence-corrected chi connectivity index (χ3v) is 4.35. The molecule has 1 N–H and O–H groups in total. The van der Waals surface area contributed by atoms with Crippen molar-refractivity contribution in [1.82, 2.24) is 5.32 Å². The zero-order valence-electron chi connectivity index (χ0n) is 11.8. The number of rotatable bonds is 3. The van der Waals surface area contributed by atoms with Crippen molar-refractivity contribution >= 4 is 17.5 Å². The number of carbonyl (C=O) groups excluding carboxylic acids is 1. The third kappa shape index (κ3) is 3.11. The fourth-order valence-corrected chi connectivity index (χ4v) is 3.27. The van der Waals surface area contributed by atoms with Crippen molar-refractivity contribution in [1.29, 1.82) is 0 Å². The molecule has 0 saturated carbocycles. The largest absolute Gasteiger partial charge is 0.352 e. The fourth-order valence-electron chi connectivity index (χ4n) is 3.20. The second-order valence-electron chi connectivity index (χ2n) is 5.50. The van der Waals surface area contributed by atoms with E-state index in [4.69, 9.17) is 11.6 Å². The van der Waals surface area contributed by atoms with Crippen molar-refractivity contribution < 1.29 is 4.79 Å². The Morgan fingerprint density at radius 1 is 1.10 bits per heavy atom. The summed E-state index contributed by atoms with van der Waals surface area (Å²) in [6, 6.07) is 19.1. The molecule has 0 aromatic heterocycles. The lowest BCUT2D eigenvalue weighted by Crippen LogP contribution is -2.40. The average Bonchev–Trinajstić information content (AvgIpc) is 2.55. The molecule has 2 aromatic carbocycles. The van der Waals surface area contributed by atoms with Gasteiger partial charge >= 0.3 is 0 Å². The highest BCUT2D eigenvalue weighted by Gasteiger charge is 2.28. The number of hydrogen-bond acceptors (Lipinski definition) is 1. The first kappa shape index (κ1) is 14.2. The van der Waals surface area contributed by atoms with Crippen LogP contribution in [0.15, 0.2) is 54.6 Å². The standard InChI is InChI=1S/C18H18ClNO/c19-12-18(21)20-15-10-14-8-4-5-9-16(14)17(11-15)13-6-2-1-3-7-13/h1-9,15,17H,10-12H2,(H,20,21)/t15-,17+/m1/s1. The number of fused-ring (bicyclic) bond motifs is 1. The minimum absolute atomic E-state index is 0.0220. The fraction of sp³-hybridized carbons (Fsp3) is 0.278. The monoisotopic (exact) mass is 299 g/mol. The molecule has 108 valence electrons. The number of hydrogen-bond donors (Lipinski definition) is 1. The van der Waals surface area contributed by atoms with Crippen molar-refractivity contribution in [2.24, 2.45) is 0 Å². The quantitative estimate of drug-likeness (QED) is 0.864. The molecule has 3 rings (SSSR count). The lowest BCUT2D eigenvalue weighted by Gasteiger charge is -2.32. The zero-order chi connectivity index (χ0) is 14.7. The van der Waals surface area contributed by atoms with E-state index in [1.54, 1.807) is 0 Å². The first-order valence-electron chi connectivity index (χ1n) is 7.26. The molecule has 1 aliphatic carbocycles. The number of alkyl halides is 1. The van der Waals surface area contributed by atoms with Crippen LogP contribution >= 0.6 is 11.6 Å². The number of halogens is 1. The van der Waals surface area contributed by atoms with E-state index in [0.29, 0.717) is 5.92 Å². The van der Waals surface area contributed by atoms with E-state index in [-0.39, 0.29) is 17.8 Å². The van der Waals surface area contributed by atoms with Gasteiger partial charge in [0, 0.05) is 12.0 Å². The molecule has 2 aromatic rings. The van der Waals surface area contributed by atoms with Crippen LogP contribution in [0.2, 0.25) is 0 Å². The van der Waals surface area contributed by atoms with Gasteiger partial charge in [-0.15, -0.1) is 11.6 Å². The summed E-state index contributed by atoms with van der Waals surface area (Å²) in [5.41, 5.74) is 3.99. The van der Waals surface area contributed by atoms with Crippen molar-refractivity contribution in [3.05, 3.63) is 71.3 Å². The third-order valence-electron chi connectivity index (χ3n) is 4.11. The van der Waals surface area contributed by atoms with Crippen LogP contribution in [0.25, 0.3) is 0 Å². The predicted octanol–water partition coefficient (Wildman–Crippen LogP) is 3.49. The van der Waals surface area contributed by atoms with Crippen molar-refractivity contribution in [2.45, 2.75) is 24.8 Å². The van der Waals surface area contributed by atoms with Gasteiger partial charge in [0.2, 0.25) is 5.91 Å². The Balaban J connectivity index is 1.93. The van der Waals surface area contributed by atoms with Gasteiger partial charge < -0.3 is 5.32 Å². The maximum absolute atomic E-state index is 11.6. The summed E-state index contributed by atoms with van der Waals surface area (Å²) in [6.07, 6.45) is 1.80. The number of carbonyl (C=O) groups is 1. The van der Waals surface area contributed by atoms with Crippen LogP contribution in [0.1, 0.15) is 29.0 Å². The molecular weight excluding hydrogens is 282 g/mol. The summed E-state index contributed by atoms with van der Waals surface area (Å²) < 4.78 is 0. The van der Waals surface area contributed by atoms with Crippen LogP contribution in [-0.2, 0) is 11.2 Å². The number of nitrogens with one attached hydrogen (secondary N) is 1. The Hall–Kier alpha value is -1.80. The molecule has 0 unspecified atom stereocenters. The van der Waals surface area contributed by atoms with Gasteiger partial charge in [-0.05, 0) is 29.5 Å². The van der Waals surface area contributed by atoms with Crippen LogP contribution < -0.4 is 5.32 Å². The number of amides is 1. The highest BCUT2D eigenvalue weighted by molar-refractivity contribution is 6.27. The van der Waals surface area contributed by atoms with Crippen LogP contribution in [0.4, 0.5) is 0 Å². The second kappa shape index (κ2) is 6.31. The summed E-state index contributed by atoms with van der Waals surface area (Å²) >= 11 is 5.61. The molecule has 2 atom stereocenters. The summed E-state index contributed by atoms with van der Waals surface area (Å²) in [6.45, 7) is 0. The van der Waals surface area contributed by atoms with E-state index in [0.717, 1.165) is 12.8 Å². The molecule has 0 radical (unpaired) electrons. The summed E-state index contributed by atoms with van der Waals surface area (Å²) in [4.78, 5) is 11.6. The molecule has 0 aliphatic heterocycles. The van der Waals surface area contributed by atoms with Gasteiger partial charge in [0.25, 0.3) is 0 Å². The molecule has 3 heteroatoms. The van der Waals surface area contributed by atoms with E-state index in [2.05, 4.69) is 53.8 Å². The molecule has 0 bridgehead atoms. The minimum atomic E-state index is -0.0899. The predicted molar refractivity (Wildman–Crippen MR) is 85.7 cm³/mol. The first-order chi connectivity index (χ1) is 10.3. The Bertz CT molecular complexity index is 626. The van der Waals surface area contributed by atoms with E-state index >= 15 is 0 Å². The molecular formula is C18H18ClNO. The van der Waals surface area contributed by atoms with Crippen LogP contribution in [0, 0.1) is 0 Å². The molecule has 0 heterocycles. The lowest BCUT2D eigenvalue weighted by molar-refractivity contribution is -0.119. The molecule has 0 saturated heterocycles. The van der Waals surface area contributed by atoms with Crippen LogP contribution in [0.3, 0.4) is 0 Å². The van der Waals surface area contributed by atoms with Crippen LogP contribution in [0.5, 0.6) is 0 Å². The van der Waals surface area contributed by atoms with Gasteiger partial charge in [-0.3, -0.25) is 4.79 Å². The zero-order valence-corrected chi connectivity index (χ0v) is 12.5. The molecule has 1 amide bonds. The van der Waals surface area contributed by atoms with E-state index in [1.165, 1.54) is 16.7 Å². The average molecular weight is 300 g/mol. The SMILES string of the molecule is O=C(CCl)N[C@@H]1Cc2ccccc2[C@H](c2ccccc2)C1. The smallest absolute Gasteiger partial charge is 0.235 e. The summed E-state index contributed by atoms with van der Waals surface area (Å²) in [5, 5.41) is 3.04. The second-order valence-corrected chi connectivity index (χ2v) is 5.77. The van der Waals surface area contributed by atoms with Gasteiger partial charge in [-0.2, -0.15) is 0 Å². The molecule has 21 heavy (non-hydrogen) atoms. The topological polar surface area (TPSA) is 29.1 Å². The molecule has 2 nitrogen and oxygen atoms in total. The lowest BCUT2D eigenvalue weighted by atomic mass is 9.77. The Morgan fingerprint density at radius 3 is 2.57 bits per heavy atom. The van der Waals surface area contributed by atoms with Gasteiger partial charge in [0.05, 0.1) is 0 Å². The Kier molecular flexibility index (Phi) is 4.26. The van der Waals surface area contributed by atoms with Gasteiger partial charge in [-0.1, -0.05) is 54.6 Å². The Morgan fingerprint density at radius 2 is 1.81 bits per heavy atom. The molecule has 1 aliphatic rings. The Labute approximate surface area is 130 Å². The van der Waals surface area contributed by atoms with Gasteiger partial charge in [0.1, 0.15) is 5.88 Å². The molecule has 0 spiro atoms. The highest BCUT2D eigenvalue weighted by atomic mass is 35.5. The van der Waals surface area contributed by atoms with E-state index in [9.17, 15) is 4.79 Å². The maximum Gasteiger partial charge on any atom is 0.235 e. The number of benzene rings is 2. The summed E-state index contributed by atoms with van der Waals surface area (Å²) in [5.74, 6) is 0.262. The minimum Gasteiger partial charge on any atom is -0.352 e. The van der Waals surface area contributed by atoms with E-state index < -0.39 is 0 Å². The van der Waals surface area contributed by atoms with Crippen LogP contribution in [-0.4, -0.2) is 17.8 Å². The van der Waals surface area contributed by atoms with Crippen molar-refractivity contribution in [2.75, 3.05) is 5.88 Å². The maximum atomic E-state index is 11.6. The normalized spacial score (nSPS) is 20.6. The summed E-state index contributed by atoms with van der Waals surface area (Å²) in [7, 11) is 0. The van der Waals surface area contributed by atoms with Gasteiger partial charge in [-0.25, -0.2) is 0 Å².